The highest BCUT2D eigenvalue weighted by molar-refractivity contribution is 9.12. The van der Waals surface area contributed by atoms with Crippen LogP contribution in [0.25, 0.3) is 0 Å². The molecule has 4 bridgehead atoms. The SMILES string of the molecule is COc1ccc(OC)c2c1[C@@H]1C[C@H]2C(Br)=C1C1=C(Br)[C@@H]2C[C@H]1c1c(OC)ccc(OC)c12. The van der Waals surface area contributed by atoms with Gasteiger partial charge in [-0.3, -0.25) is 0 Å². The Morgan fingerprint density at radius 1 is 0.531 bits per heavy atom. The highest BCUT2D eigenvalue weighted by Gasteiger charge is 2.53. The molecule has 4 aliphatic carbocycles. The smallest absolute Gasteiger partial charge is 0.123 e. The molecule has 2 aromatic rings. The molecular formula is C26H24Br2O4. The molecular weight excluding hydrogens is 536 g/mol. The summed E-state index contributed by atoms with van der Waals surface area (Å²) in [5.41, 5.74) is 7.92. The van der Waals surface area contributed by atoms with Gasteiger partial charge in [-0.05, 0) is 48.3 Å². The van der Waals surface area contributed by atoms with Gasteiger partial charge in [-0.2, -0.15) is 0 Å². The van der Waals surface area contributed by atoms with Crippen molar-refractivity contribution in [1.82, 2.24) is 0 Å². The Kier molecular flexibility index (Phi) is 4.71. The third-order valence-electron chi connectivity index (χ3n) is 7.74. The lowest BCUT2D eigenvalue weighted by Crippen LogP contribution is -2.13. The van der Waals surface area contributed by atoms with Gasteiger partial charge in [-0.15, -0.1) is 0 Å². The van der Waals surface area contributed by atoms with Crippen molar-refractivity contribution in [3.63, 3.8) is 0 Å². The normalized spacial score (nSPS) is 26.6. The maximum atomic E-state index is 5.81. The number of fused-ring (bicyclic) bond motifs is 10. The molecule has 4 aliphatic rings. The van der Waals surface area contributed by atoms with Crippen molar-refractivity contribution in [1.29, 1.82) is 0 Å². The molecule has 166 valence electrons. The first kappa shape index (κ1) is 20.7. The van der Waals surface area contributed by atoms with Crippen molar-refractivity contribution >= 4 is 31.9 Å². The van der Waals surface area contributed by atoms with E-state index in [1.807, 2.05) is 24.3 Å². The topological polar surface area (TPSA) is 36.9 Å². The Bertz CT molecular complexity index is 1130. The predicted molar refractivity (Wildman–Crippen MR) is 131 cm³/mol. The Morgan fingerprint density at radius 2 is 0.812 bits per heavy atom. The predicted octanol–water partition coefficient (Wildman–Crippen LogP) is 6.89. The van der Waals surface area contributed by atoms with E-state index in [0.717, 1.165) is 35.8 Å². The van der Waals surface area contributed by atoms with E-state index in [0.29, 0.717) is 11.8 Å². The number of hydrogen-bond acceptors (Lipinski definition) is 4. The molecule has 32 heavy (non-hydrogen) atoms. The minimum Gasteiger partial charge on any atom is -0.496 e. The molecule has 4 atom stereocenters. The van der Waals surface area contributed by atoms with Gasteiger partial charge in [0.15, 0.2) is 0 Å². The Morgan fingerprint density at radius 3 is 1.09 bits per heavy atom. The number of hydrogen-bond donors (Lipinski definition) is 0. The molecule has 0 heterocycles. The lowest BCUT2D eigenvalue weighted by molar-refractivity contribution is 0.395. The maximum absolute atomic E-state index is 5.81. The van der Waals surface area contributed by atoms with Crippen LogP contribution in [0.5, 0.6) is 23.0 Å². The first-order valence-electron chi connectivity index (χ1n) is 10.8. The van der Waals surface area contributed by atoms with Gasteiger partial charge in [0.2, 0.25) is 0 Å². The molecule has 0 aromatic heterocycles. The van der Waals surface area contributed by atoms with Crippen LogP contribution in [0, 0.1) is 0 Å². The van der Waals surface area contributed by atoms with E-state index in [1.165, 1.54) is 42.4 Å². The summed E-state index contributed by atoms with van der Waals surface area (Å²) in [5.74, 6) is 4.97. The fourth-order valence-electron chi connectivity index (χ4n) is 6.61. The number of rotatable bonds is 5. The van der Waals surface area contributed by atoms with Gasteiger partial charge >= 0.3 is 0 Å². The quantitative estimate of drug-likeness (QED) is 0.400. The Balaban J connectivity index is 1.52. The largest absolute Gasteiger partial charge is 0.496 e. The van der Waals surface area contributed by atoms with Crippen LogP contribution < -0.4 is 18.9 Å². The standard InChI is InChI=1S/C26H24Br2O4/c1-29-15-5-7-17(31-3)21-13-9-11(19(15)21)23(25(13)27)24-12-10-14(26(24)28)22-18(32-4)8-6-16(30-2)20(12)22/h5-8,11-14H,9-10H2,1-4H3/t11-,12-,13+,14+/m0/s1. The lowest BCUT2D eigenvalue weighted by Gasteiger charge is -2.29. The second-order valence-corrected chi connectivity index (χ2v) is 10.5. The summed E-state index contributed by atoms with van der Waals surface area (Å²) in [4.78, 5) is 0. The minimum absolute atomic E-state index is 0.288. The summed E-state index contributed by atoms with van der Waals surface area (Å²) in [7, 11) is 7.01. The number of ether oxygens (including phenoxy) is 4. The molecule has 6 heteroatoms. The third-order valence-corrected chi connectivity index (χ3v) is 9.70. The molecule has 0 spiro atoms. The molecule has 2 aromatic carbocycles. The van der Waals surface area contributed by atoms with Crippen LogP contribution in [-0.4, -0.2) is 28.4 Å². The van der Waals surface area contributed by atoms with Crippen LogP contribution in [0.1, 0.15) is 58.8 Å². The van der Waals surface area contributed by atoms with Gasteiger partial charge in [-0.25, -0.2) is 0 Å². The summed E-state index contributed by atoms with van der Waals surface area (Å²) >= 11 is 8.05. The number of allylic oxidation sites excluding steroid dienone is 4. The van der Waals surface area contributed by atoms with Crippen molar-refractivity contribution in [2.45, 2.75) is 36.5 Å². The van der Waals surface area contributed by atoms with Crippen LogP contribution in [0.2, 0.25) is 0 Å². The highest BCUT2D eigenvalue weighted by atomic mass is 79.9. The maximum Gasteiger partial charge on any atom is 0.123 e. The lowest BCUT2D eigenvalue weighted by atomic mass is 9.79. The molecule has 0 radical (unpaired) electrons. The second kappa shape index (κ2) is 7.29. The van der Waals surface area contributed by atoms with Gasteiger partial charge < -0.3 is 18.9 Å². The van der Waals surface area contributed by atoms with E-state index in [9.17, 15) is 0 Å². The molecule has 0 unspecified atom stereocenters. The summed E-state index contributed by atoms with van der Waals surface area (Å²) in [6.45, 7) is 0. The monoisotopic (exact) mass is 558 g/mol. The van der Waals surface area contributed by atoms with Crippen LogP contribution in [0.3, 0.4) is 0 Å². The zero-order chi connectivity index (χ0) is 22.3. The molecule has 0 N–H and O–H groups in total. The zero-order valence-electron chi connectivity index (χ0n) is 18.4. The van der Waals surface area contributed by atoms with Crippen molar-refractivity contribution < 1.29 is 18.9 Å². The van der Waals surface area contributed by atoms with Gasteiger partial charge in [0, 0.05) is 54.9 Å². The van der Waals surface area contributed by atoms with E-state index in [4.69, 9.17) is 18.9 Å². The summed E-state index contributed by atoms with van der Waals surface area (Å²) in [6.07, 6.45) is 2.09. The average Bonchev–Trinajstić information content (AvgIpc) is 3.56. The van der Waals surface area contributed by atoms with E-state index in [-0.39, 0.29) is 11.8 Å². The molecule has 0 saturated heterocycles. The first-order chi connectivity index (χ1) is 15.5. The summed E-state index contributed by atoms with van der Waals surface area (Å²) in [6, 6.07) is 8.13. The Labute approximate surface area is 204 Å². The van der Waals surface area contributed by atoms with Gasteiger partial charge in [0.05, 0.1) is 28.4 Å². The number of benzene rings is 2. The van der Waals surface area contributed by atoms with E-state index in [2.05, 4.69) is 31.9 Å². The second-order valence-electron chi connectivity index (χ2n) is 8.80. The first-order valence-corrected chi connectivity index (χ1v) is 12.4. The molecule has 0 amide bonds. The Hall–Kier alpha value is -1.92. The molecule has 0 saturated carbocycles. The van der Waals surface area contributed by atoms with E-state index >= 15 is 0 Å². The van der Waals surface area contributed by atoms with E-state index < -0.39 is 0 Å². The van der Waals surface area contributed by atoms with Gasteiger partial charge in [0.1, 0.15) is 23.0 Å². The van der Waals surface area contributed by atoms with Crippen LogP contribution in [0.4, 0.5) is 0 Å². The summed E-state index contributed by atoms with van der Waals surface area (Å²) in [5, 5.41) is 0. The number of methoxy groups -OCH3 is 4. The fraction of sp³-hybridized carbons (Fsp3) is 0.385. The fourth-order valence-corrected chi connectivity index (χ4v) is 8.42. The molecule has 6 rings (SSSR count). The van der Waals surface area contributed by atoms with Crippen molar-refractivity contribution in [2.24, 2.45) is 0 Å². The van der Waals surface area contributed by atoms with E-state index in [1.54, 1.807) is 28.4 Å². The number of halogens is 2. The molecule has 4 nitrogen and oxygen atoms in total. The molecule has 0 aliphatic heterocycles. The van der Waals surface area contributed by atoms with Crippen LogP contribution in [0.15, 0.2) is 44.4 Å². The minimum atomic E-state index is 0.288. The van der Waals surface area contributed by atoms with Crippen molar-refractivity contribution in [3.8, 4) is 23.0 Å². The molecule has 0 fully saturated rings. The zero-order valence-corrected chi connectivity index (χ0v) is 21.6. The van der Waals surface area contributed by atoms with Gasteiger partial charge in [0.25, 0.3) is 0 Å². The highest BCUT2D eigenvalue weighted by Crippen LogP contribution is 2.70. The summed E-state index contributed by atoms with van der Waals surface area (Å²) < 4.78 is 25.7. The average molecular weight is 560 g/mol. The van der Waals surface area contributed by atoms with Crippen molar-refractivity contribution in [3.05, 3.63) is 66.6 Å². The van der Waals surface area contributed by atoms with Crippen molar-refractivity contribution in [2.75, 3.05) is 28.4 Å². The van der Waals surface area contributed by atoms with Crippen LogP contribution in [-0.2, 0) is 0 Å². The third kappa shape index (κ3) is 2.43. The van der Waals surface area contributed by atoms with Gasteiger partial charge in [-0.1, -0.05) is 31.9 Å². The van der Waals surface area contributed by atoms with Crippen LogP contribution >= 0.6 is 31.9 Å².